The molecule has 9 heteroatoms. The van der Waals surface area contributed by atoms with E-state index >= 15 is 0 Å². The van der Waals surface area contributed by atoms with Crippen LogP contribution in [0.25, 0.3) is 28.2 Å². The molecule has 0 bridgehead atoms. The molecule has 0 saturated heterocycles. The number of fused-ring (bicyclic) bond motifs is 2. The zero-order valence-electron chi connectivity index (χ0n) is 17.9. The summed E-state index contributed by atoms with van der Waals surface area (Å²) in [6.07, 6.45) is 1.59. The lowest BCUT2D eigenvalue weighted by molar-refractivity contribution is -0.384. The van der Waals surface area contributed by atoms with Gasteiger partial charge in [0.25, 0.3) is 17.2 Å². The monoisotopic (exact) mass is 564 g/mol. The van der Waals surface area contributed by atoms with E-state index in [1.54, 1.807) is 29.2 Å². The summed E-state index contributed by atoms with van der Waals surface area (Å²) in [6, 6.07) is 18.6. The normalized spacial score (nSPS) is 14.1. The maximum absolute atomic E-state index is 13.6. The minimum atomic E-state index is -0.514. The Kier molecular flexibility index (Phi) is 5.48. The third-order valence-corrected chi connectivity index (χ3v) is 6.38. The van der Waals surface area contributed by atoms with Crippen molar-refractivity contribution in [3.63, 3.8) is 0 Å². The summed E-state index contributed by atoms with van der Waals surface area (Å²) in [5.41, 5.74) is 2.20. The van der Waals surface area contributed by atoms with Gasteiger partial charge in [-0.05, 0) is 65.9 Å². The molecule has 8 nitrogen and oxygen atoms in total. The number of nitrogens with zero attached hydrogens (tertiary/aromatic N) is 4. The van der Waals surface area contributed by atoms with Crippen LogP contribution in [0.1, 0.15) is 18.3 Å². The number of rotatable bonds is 4. The number of halogens is 1. The minimum absolute atomic E-state index is 0.148. The Hall–Kier alpha value is -3.86. The molecule has 0 unspecified atom stereocenters. The van der Waals surface area contributed by atoms with E-state index in [0.717, 1.165) is 14.8 Å². The summed E-state index contributed by atoms with van der Waals surface area (Å²) in [4.78, 5) is 44.1. The van der Waals surface area contributed by atoms with Gasteiger partial charge in [-0.15, -0.1) is 0 Å². The van der Waals surface area contributed by atoms with Crippen LogP contribution in [0.15, 0.2) is 71.5 Å². The molecule has 4 aromatic rings. The highest BCUT2D eigenvalue weighted by molar-refractivity contribution is 14.1. The molecule has 0 saturated carbocycles. The molecule has 3 aromatic carbocycles. The summed E-state index contributed by atoms with van der Waals surface area (Å²) < 4.78 is 2.18. The standard InChI is InChI=1S/C25H17IN4O4/c1-2-28-22-9-4-3-8-18(22)19(24(28)31)14-23-27-21-11-10-15(26)12-20(21)25(32)29(23)16-6-5-7-17(13-16)30(33)34/h3-14H,2H2,1H3/b19-14+. The lowest BCUT2D eigenvalue weighted by Gasteiger charge is -2.14. The molecule has 1 aliphatic rings. The quantitative estimate of drug-likeness (QED) is 0.154. The van der Waals surface area contributed by atoms with E-state index in [1.165, 1.54) is 22.8 Å². The first-order valence-electron chi connectivity index (χ1n) is 10.5. The number of amides is 1. The molecule has 0 aliphatic carbocycles. The number of anilines is 1. The van der Waals surface area contributed by atoms with Crippen molar-refractivity contribution in [2.45, 2.75) is 6.92 Å². The highest BCUT2D eigenvalue weighted by Gasteiger charge is 2.31. The van der Waals surface area contributed by atoms with E-state index in [1.807, 2.05) is 37.3 Å². The molecule has 1 aliphatic heterocycles. The summed E-state index contributed by atoms with van der Waals surface area (Å²) in [5.74, 6) is 0.0292. The van der Waals surface area contributed by atoms with Crippen molar-refractivity contribution < 1.29 is 9.72 Å². The summed E-state index contributed by atoms with van der Waals surface area (Å²) in [7, 11) is 0. The number of non-ortho nitro benzene ring substituents is 1. The number of carbonyl (C=O) groups excluding carboxylic acids is 1. The number of hydrogen-bond donors (Lipinski definition) is 0. The fourth-order valence-electron chi connectivity index (χ4n) is 4.16. The van der Waals surface area contributed by atoms with Crippen LogP contribution in [0.4, 0.5) is 11.4 Å². The van der Waals surface area contributed by atoms with Crippen LogP contribution in [-0.4, -0.2) is 26.9 Å². The molecular weight excluding hydrogens is 547 g/mol. The maximum atomic E-state index is 13.6. The first-order valence-corrected chi connectivity index (χ1v) is 11.6. The number of benzene rings is 3. The average Bonchev–Trinajstić information content (AvgIpc) is 3.10. The highest BCUT2D eigenvalue weighted by atomic mass is 127. The van der Waals surface area contributed by atoms with Crippen molar-refractivity contribution in [3.8, 4) is 5.69 Å². The van der Waals surface area contributed by atoms with E-state index in [9.17, 15) is 19.7 Å². The first kappa shape index (κ1) is 22.0. The molecule has 0 spiro atoms. The third-order valence-electron chi connectivity index (χ3n) is 5.71. The largest absolute Gasteiger partial charge is 0.308 e. The zero-order chi connectivity index (χ0) is 24.0. The Bertz CT molecular complexity index is 1590. The molecule has 2 heterocycles. The molecule has 34 heavy (non-hydrogen) atoms. The van der Waals surface area contributed by atoms with Crippen molar-refractivity contribution in [2.24, 2.45) is 0 Å². The van der Waals surface area contributed by atoms with Gasteiger partial charge in [-0.25, -0.2) is 4.98 Å². The molecular formula is C25H17IN4O4. The third kappa shape index (κ3) is 3.58. The van der Waals surface area contributed by atoms with Crippen molar-refractivity contribution >= 4 is 62.4 Å². The number of nitro benzene ring substituents is 1. The summed E-state index contributed by atoms with van der Waals surface area (Å²) in [5, 5.41) is 11.8. The van der Waals surface area contributed by atoms with Crippen LogP contribution in [0.2, 0.25) is 0 Å². The molecule has 0 fully saturated rings. The van der Waals surface area contributed by atoms with Gasteiger partial charge in [0.05, 0.1) is 32.8 Å². The highest BCUT2D eigenvalue weighted by Crippen LogP contribution is 2.37. The van der Waals surface area contributed by atoms with E-state index in [0.29, 0.717) is 28.7 Å². The molecule has 0 atom stereocenters. The van der Waals surface area contributed by atoms with Gasteiger partial charge in [0.1, 0.15) is 5.82 Å². The van der Waals surface area contributed by atoms with E-state index < -0.39 is 4.92 Å². The Morgan fingerprint density at radius 1 is 1.06 bits per heavy atom. The van der Waals surface area contributed by atoms with Crippen molar-refractivity contribution in [3.05, 3.63) is 102 Å². The van der Waals surface area contributed by atoms with Gasteiger partial charge in [-0.1, -0.05) is 24.3 Å². The second-order valence-corrected chi connectivity index (χ2v) is 8.92. The summed E-state index contributed by atoms with van der Waals surface area (Å²) in [6.45, 7) is 2.39. The van der Waals surface area contributed by atoms with Gasteiger partial charge in [0.15, 0.2) is 0 Å². The molecule has 1 aromatic heterocycles. The second kappa shape index (κ2) is 8.49. The lowest BCUT2D eigenvalue weighted by Crippen LogP contribution is -2.26. The minimum Gasteiger partial charge on any atom is -0.308 e. The van der Waals surface area contributed by atoms with Crippen molar-refractivity contribution in [2.75, 3.05) is 11.4 Å². The van der Waals surface area contributed by atoms with Crippen LogP contribution in [0.3, 0.4) is 0 Å². The number of hydrogen-bond acceptors (Lipinski definition) is 5. The van der Waals surface area contributed by atoms with E-state index in [4.69, 9.17) is 4.98 Å². The summed E-state index contributed by atoms with van der Waals surface area (Å²) >= 11 is 2.12. The molecule has 0 radical (unpaired) electrons. The van der Waals surface area contributed by atoms with Crippen molar-refractivity contribution in [1.29, 1.82) is 0 Å². The fraction of sp³-hybridized carbons (Fsp3) is 0.0800. The van der Waals surface area contributed by atoms with Crippen LogP contribution in [0, 0.1) is 13.7 Å². The van der Waals surface area contributed by atoms with E-state index in [-0.39, 0.29) is 23.0 Å². The zero-order valence-corrected chi connectivity index (χ0v) is 20.1. The van der Waals surface area contributed by atoms with Gasteiger partial charge in [0.2, 0.25) is 0 Å². The lowest BCUT2D eigenvalue weighted by atomic mass is 10.1. The SMILES string of the molecule is CCN1C(=O)/C(=C/c2nc3ccc(I)cc3c(=O)n2-c2cccc([N+](=O)[O-])c2)c2ccccc21. The first-order chi connectivity index (χ1) is 16.4. The Morgan fingerprint density at radius 2 is 1.85 bits per heavy atom. The van der Waals surface area contributed by atoms with Crippen LogP contribution >= 0.6 is 22.6 Å². The second-order valence-electron chi connectivity index (χ2n) is 7.67. The fourth-order valence-corrected chi connectivity index (χ4v) is 4.65. The van der Waals surface area contributed by atoms with Gasteiger partial charge >= 0.3 is 0 Å². The number of para-hydroxylation sites is 1. The Labute approximate surface area is 207 Å². The molecule has 168 valence electrons. The smallest absolute Gasteiger partial charge is 0.271 e. The predicted molar refractivity (Wildman–Crippen MR) is 139 cm³/mol. The molecule has 5 rings (SSSR count). The Morgan fingerprint density at radius 3 is 2.62 bits per heavy atom. The van der Waals surface area contributed by atoms with Crippen LogP contribution < -0.4 is 10.5 Å². The number of aromatic nitrogens is 2. The van der Waals surface area contributed by atoms with Gasteiger partial charge in [-0.3, -0.25) is 24.3 Å². The number of likely N-dealkylation sites (N-methyl/N-ethyl adjacent to an activating group) is 1. The number of nitro groups is 1. The van der Waals surface area contributed by atoms with Crippen LogP contribution in [0.5, 0.6) is 0 Å². The average molecular weight is 564 g/mol. The van der Waals surface area contributed by atoms with Gasteiger partial charge in [0, 0.05) is 27.8 Å². The van der Waals surface area contributed by atoms with Crippen LogP contribution in [-0.2, 0) is 4.79 Å². The maximum Gasteiger partial charge on any atom is 0.271 e. The van der Waals surface area contributed by atoms with Gasteiger partial charge in [-0.2, -0.15) is 0 Å². The molecule has 1 amide bonds. The topological polar surface area (TPSA) is 98.3 Å². The van der Waals surface area contributed by atoms with E-state index in [2.05, 4.69) is 22.6 Å². The Balaban J connectivity index is 1.83. The van der Waals surface area contributed by atoms with Crippen molar-refractivity contribution in [1.82, 2.24) is 9.55 Å². The predicted octanol–water partition coefficient (Wildman–Crippen LogP) is 4.81. The number of carbonyl (C=O) groups is 1. The molecule has 0 N–H and O–H groups in total. The van der Waals surface area contributed by atoms with Gasteiger partial charge < -0.3 is 4.90 Å².